The number of rotatable bonds is 7. The zero-order chi connectivity index (χ0) is 14.4. The van der Waals surface area contributed by atoms with Crippen molar-refractivity contribution in [3.8, 4) is 5.75 Å². The molecule has 104 valence electrons. The molecule has 2 unspecified atom stereocenters. The molecule has 0 amide bonds. The van der Waals surface area contributed by atoms with Crippen LogP contribution < -0.4 is 10.1 Å². The molecule has 0 bridgehead atoms. The van der Waals surface area contributed by atoms with Crippen molar-refractivity contribution in [1.82, 2.24) is 5.32 Å². The number of hydrogen-bond acceptors (Lipinski definition) is 4. The number of carbonyl (C=O) groups excluding carboxylic acids is 1. The highest BCUT2D eigenvalue weighted by Crippen LogP contribution is 2.18. The molecule has 19 heavy (non-hydrogen) atoms. The standard InChI is InChI=1S/C14H19NO4/c1-9(16)8-13(14(17)18)15-10(2)11-4-6-12(19-3)7-5-11/h4-7,10,13,15H,8H2,1-3H3,(H,17,18). The maximum absolute atomic E-state index is 11.1. The molecule has 0 saturated heterocycles. The minimum Gasteiger partial charge on any atom is -0.497 e. The van der Waals surface area contributed by atoms with E-state index in [9.17, 15) is 9.59 Å². The molecule has 1 rings (SSSR count). The smallest absolute Gasteiger partial charge is 0.321 e. The summed E-state index contributed by atoms with van der Waals surface area (Å²) in [6.45, 7) is 3.24. The molecule has 1 aromatic rings. The first-order valence-electron chi connectivity index (χ1n) is 6.06. The second-order valence-corrected chi connectivity index (χ2v) is 4.46. The Kier molecular flexibility index (Phi) is 5.51. The lowest BCUT2D eigenvalue weighted by Crippen LogP contribution is -2.39. The largest absolute Gasteiger partial charge is 0.497 e. The molecule has 1 aromatic carbocycles. The number of aliphatic carboxylic acids is 1. The van der Waals surface area contributed by atoms with Crippen molar-refractivity contribution >= 4 is 11.8 Å². The quantitative estimate of drug-likeness (QED) is 0.786. The first kappa shape index (κ1) is 15.2. The fraction of sp³-hybridized carbons (Fsp3) is 0.429. The van der Waals surface area contributed by atoms with Gasteiger partial charge in [0.05, 0.1) is 7.11 Å². The van der Waals surface area contributed by atoms with Crippen LogP contribution in [0.2, 0.25) is 0 Å². The van der Waals surface area contributed by atoms with Crippen LogP contribution in [0.5, 0.6) is 5.75 Å². The fourth-order valence-electron chi connectivity index (χ4n) is 1.80. The molecule has 0 saturated carbocycles. The van der Waals surface area contributed by atoms with Crippen molar-refractivity contribution in [3.05, 3.63) is 29.8 Å². The molecule has 0 spiro atoms. The molecular formula is C14H19NO4. The lowest BCUT2D eigenvalue weighted by molar-refractivity contribution is -0.141. The number of benzene rings is 1. The minimum absolute atomic E-state index is 0.0180. The number of hydrogen-bond donors (Lipinski definition) is 2. The van der Waals surface area contributed by atoms with E-state index in [1.54, 1.807) is 7.11 Å². The minimum atomic E-state index is -1.02. The van der Waals surface area contributed by atoms with Crippen LogP contribution in [0.15, 0.2) is 24.3 Å². The molecule has 0 heterocycles. The molecule has 5 nitrogen and oxygen atoms in total. The van der Waals surface area contributed by atoms with Crippen LogP contribution in [0.1, 0.15) is 31.9 Å². The summed E-state index contributed by atoms with van der Waals surface area (Å²) >= 11 is 0. The van der Waals surface area contributed by atoms with Crippen molar-refractivity contribution in [2.24, 2.45) is 0 Å². The molecule has 0 aliphatic carbocycles. The van der Waals surface area contributed by atoms with Gasteiger partial charge in [-0.1, -0.05) is 12.1 Å². The molecule has 0 aliphatic heterocycles. The van der Waals surface area contributed by atoms with E-state index in [-0.39, 0.29) is 18.2 Å². The van der Waals surface area contributed by atoms with Gasteiger partial charge in [-0.05, 0) is 31.5 Å². The first-order valence-corrected chi connectivity index (χ1v) is 6.06. The summed E-state index contributed by atoms with van der Waals surface area (Å²) in [4.78, 5) is 22.1. The van der Waals surface area contributed by atoms with Crippen LogP contribution >= 0.6 is 0 Å². The van der Waals surface area contributed by atoms with Crippen LogP contribution in [0.3, 0.4) is 0 Å². The SMILES string of the molecule is COc1ccc(C(C)NC(CC(C)=O)C(=O)O)cc1. The number of nitrogens with one attached hydrogen (secondary N) is 1. The zero-order valence-corrected chi connectivity index (χ0v) is 11.3. The van der Waals surface area contributed by atoms with Gasteiger partial charge in [0, 0.05) is 12.5 Å². The number of carbonyl (C=O) groups is 2. The fourth-order valence-corrected chi connectivity index (χ4v) is 1.80. The average molecular weight is 265 g/mol. The predicted octanol–water partition coefficient (Wildman–Crippen LogP) is 1.78. The molecule has 2 atom stereocenters. The van der Waals surface area contributed by atoms with Crippen LogP contribution in [-0.2, 0) is 9.59 Å². The number of ether oxygens (including phenoxy) is 1. The summed E-state index contributed by atoms with van der Waals surface area (Å²) in [5.74, 6) is -0.424. The Balaban J connectivity index is 2.72. The molecule has 0 aliphatic rings. The monoisotopic (exact) mass is 265 g/mol. The Hall–Kier alpha value is -1.88. The Morgan fingerprint density at radius 1 is 1.32 bits per heavy atom. The Labute approximate surface area is 112 Å². The first-order chi connectivity index (χ1) is 8.93. The van der Waals surface area contributed by atoms with Gasteiger partial charge in [0.2, 0.25) is 0 Å². The van der Waals surface area contributed by atoms with Gasteiger partial charge in [-0.15, -0.1) is 0 Å². The molecule has 0 fully saturated rings. The van der Waals surface area contributed by atoms with E-state index in [0.29, 0.717) is 0 Å². The van der Waals surface area contributed by atoms with Crippen LogP contribution in [0.4, 0.5) is 0 Å². The van der Waals surface area contributed by atoms with E-state index in [1.807, 2.05) is 31.2 Å². The van der Waals surface area contributed by atoms with Crippen LogP contribution in [0, 0.1) is 0 Å². The van der Waals surface area contributed by atoms with Gasteiger partial charge in [-0.3, -0.25) is 14.9 Å². The highest BCUT2D eigenvalue weighted by Gasteiger charge is 2.21. The Morgan fingerprint density at radius 2 is 1.89 bits per heavy atom. The van der Waals surface area contributed by atoms with Gasteiger partial charge in [0.15, 0.2) is 0 Å². The van der Waals surface area contributed by atoms with Gasteiger partial charge >= 0.3 is 5.97 Å². The number of carboxylic acids is 1. The molecule has 0 aromatic heterocycles. The van der Waals surface area contributed by atoms with E-state index in [4.69, 9.17) is 9.84 Å². The van der Waals surface area contributed by atoms with Crippen molar-refractivity contribution in [2.75, 3.05) is 7.11 Å². The maximum Gasteiger partial charge on any atom is 0.321 e. The number of ketones is 1. The third kappa shape index (κ3) is 4.71. The second kappa shape index (κ2) is 6.89. The summed E-state index contributed by atoms with van der Waals surface area (Å²) < 4.78 is 5.06. The third-order valence-corrected chi connectivity index (χ3v) is 2.86. The number of methoxy groups -OCH3 is 1. The lowest BCUT2D eigenvalue weighted by atomic mass is 10.1. The van der Waals surface area contributed by atoms with E-state index in [2.05, 4.69) is 5.32 Å². The maximum atomic E-state index is 11.1. The van der Waals surface area contributed by atoms with Crippen LogP contribution in [0.25, 0.3) is 0 Å². The van der Waals surface area contributed by atoms with Gasteiger partial charge in [-0.25, -0.2) is 0 Å². The van der Waals surface area contributed by atoms with Gasteiger partial charge in [-0.2, -0.15) is 0 Å². The van der Waals surface area contributed by atoms with Gasteiger partial charge in [0.1, 0.15) is 17.6 Å². The Bertz CT molecular complexity index is 441. The van der Waals surface area contributed by atoms with Crippen molar-refractivity contribution in [1.29, 1.82) is 0 Å². The van der Waals surface area contributed by atoms with E-state index < -0.39 is 12.0 Å². The molecule has 5 heteroatoms. The summed E-state index contributed by atoms with van der Waals surface area (Å²) in [6, 6.07) is 6.33. The topological polar surface area (TPSA) is 75.6 Å². The Morgan fingerprint density at radius 3 is 2.32 bits per heavy atom. The highest BCUT2D eigenvalue weighted by molar-refractivity contribution is 5.84. The number of Topliss-reactive ketones (excluding diaryl/α,β-unsaturated/α-hetero) is 1. The summed E-state index contributed by atoms with van der Waals surface area (Å²) in [7, 11) is 1.59. The third-order valence-electron chi connectivity index (χ3n) is 2.86. The summed E-state index contributed by atoms with van der Waals surface area (Å²) in [5, 5.41) is 12.0. The summed E-state index contributed by atoms with van der Waals surface area (Å²) in [6.07, 6.45) is -0.0180. The van der Waals surface area contributed by atoms with Gasteiger partial charge in [0.25, 0.3) is 0 Å². The average Bonchev–Trinajstić information content (AvgIpc) is 2.37. The highest BCUT2D eigenvalue weighted by atomic mass is 16.5. The zero-order valence-electron chi connectivity index (χ0n) is 11.3. The van der Waals surface area contributed by atoms with Gasteiger partial charge < -0.3 is 9.84 Å². The second-order valence-electron chi connectivity index (χ2n) is 4.46. The predicted molar refractivity (Wildman–Crippen MR) is 71.3 cm³/mol. The molecule has 0 radical (unpaired) electrons. The lowest BCUT2D eigenvalue weighted by Gasteiger charge is -2.19. The number of carboxylic acid groups (broad SMARTS) is 1. The van der Waals surface area contributed by atoms with Crippen LogP contribution in [-0.4, -0.2) is 30.0 Å². The normalized spacial score (nSPS) is 13.6. The van der Waals surface area contributed by atoms with Crippen molar-refractivity contribution in [2.45, 2.75) is 32.4 Å². The molecule has 2 N–H and O–H groups in total. The van der Waals surface area contributed by atoms with E-state index >= 15 is 0 Å². The summed E-state index contributed by atoms with van der Waals surface area (Å²) in [5.41, 5.74) is 0.940. The molecular weight excluding hydrogens is 246 g/mol. The van der Waals surface area contributed by atoms with Crippen molar-refractivity contribution in [3.63, 3.8) is 0 Å². The van der Waals surface area contributed by atoms with E-state index in [1.165, 1.54) is 6.92 Å². The van der Waals surface area contributed by atoms with Crippen molar-refractivity contribution < 1.29 is 19.4 Å². The van der Waals surface area contributed by atoms with E-state index in [0.717, 1.165) is 11.3 Å².